The molecule has 1 aromatic rings. The number of aromatic nitrogens is 1. The van der Waals surface area contributed by atoms with Crippen LogP contribution in [-0.2, 0) is 14.3 Å². The van der Waals surface area contributed by atoms with Gasteiger partial charge >= 0.3 is 5.97 Å². The molecule has 1 amide bonds. The Morgan fingerprint density at radius 2 is 2.24 bits per heavy atom. The fourth-order valence-corrected chi connectivity index (χ4v) is 2.32. The van der Waals surface area contributed by atoms with Gasteiger partial charge in [0.05, 0.1) is 19.3 Å². The zero-order valence-corrected chi connectivity index (χ0v) is 13.3. The van der Waals surface area contributed by atoms with Crippen molar-refractivity contribution in [1.29, 1.82) is 0 Å². The van der Waals surface area contributed by atoms with Gasteiger partial charge in [-0.15, -0.1) is 11.3 Å². The van der Waals surface area contributed by atoms with Crippen molar-refractivity contribution < 1.29 is 19.1 Å². The van der Waals surface area contributed by atoms with Gasteiger partial charge in [0.1, 0.15) is 17.2 Å². The third-order valence-electron chi connectivity index (χ3n) is 2.61. The lowest BCUT2D eigenvalue weighted by molar-refractivity contribution is -0.143. The van der Waals surface area contributed by atoms with E-state index >= 15 is 0 Å². The van der Waals surface area contributed by atoms with Crippen molar-refractivity contribution >= 4 is 23.2 Å². The molecule has 0 saturated carbocycles. The highest BCUT2D eigenvalue weighted by molar-refractivity contribution is 7.09. The average Bonchev–Trinajstić information content (AvgIpc) is 2.93. The zero-order chi connectivity index (χ0) is 15.8. The Bertz CT molecular complexity index is 476. The Balaban J connectivity index is 2.79. The molecular weight excluding hydrogens is 294 g/mol. The monoisotopic (exact) mass is 315 g/mol. The zero-order valence-electron chi connectivity index (χ0n) is 12.5. The van der Waals surface area contributed by atoms with Crippen LogP contribution < -0.4 is 5.73 Å². The molecule has 118 valence electrons. The van der Waals surface area contributed by atoms with Gasteiger partial charge in [0.15, 0.2) is 0 Å². The molecule has 2 N–H and O–H groups in total. The second-order valence-electron chi connectivity index (χ2n) is 4.38. The second kappa shape index (κ2) is 8.71. The molecule has 0 aliphatic rings. The lowest BCUT2D eigenvalue weighted by Gasteiger charge is -2.20. The van der Waals surface area contributed by atoms with Crippen LogP contribution in [0.1, 0.15) is 35.4 Å². The fourth-order valence-electron chi connectivity index (χ4n) is 1.57. The molecule has 21 heavy (non-hydrogen) atoms. The SMILES string of the molecule is CCOC(=O)CN(CCOC)C(=O)c1csc(C(C)N)n1. The third kappa shape index (κ3) is 5.41. The number of hydrogen-bond donors (Lipinski definition) is 1. The smallest absolute Gasteiger partial charge is 0.325 e. The third-order valence-corrected chi connectivity index (χ3v) is 3.65. The standard InChI is InChI=1S/C13H21N3O4S/c1-4-20-11(17)7-16(5-6-19-3)13(18)10-8-21-12(15-10)9(2)14/h8-9H,4-7,14H2,1-3H3. The van der Waals surface area contributed by atoms with E-state index in [0.717, 1.165) is 0 Å². The van der Waals surface area contributed by atoms with Crippen molar-refractivity contribution in [2.75, 3.05) is 33.4 Å². The Labute approximate surface area is 128 Å². The van der Waals surface area contributed by atoms with Gasteiger partial charge in [0.25, 0.3) is 5.91 Å². The fraction of sp³-hybridized carbons (Fsp3) is 0.615. The maximum atomic E-state index is 12.4. The van der Waals surface area contributed by atoms with Crippen LogP contribution in [0.25, 0.3) is 0 Å². The molecule has 0 aliphatic carbocycles. The highest BCUT2D eigenvalue weighted by atomic mass is 32.1. The molecule has 0 aliphatic heterocycles. The second-order valence-corrected chi connectivity index (χ2v) is 5.27. The van der Waals surface area contributed by atoms with Gasteiger partial charge in [-0.2, -0.15) is 0 Å². The van der Waals surface area contributed by atoms with Crippen molar-refractivity contribution in [3.05, 3.63) is 16.1 Å². The van der Waals surface area contributed by atoms with Crippen LogP contribution >= 0.6 is 11.3 Å². The van der Waals surface area contributed by atoms with E-state index in [2.05, 4.69) is 4.98 Å². The van der Waals surface area contributed by atoms with E-state index in [-0.39, 0.29) is 30.8 Å². The molecule has 1 unspecified atom stereocenters. The minimum absolute atomic E-state index is 0.124. The molecule has 0 spiro atoms. The van der Waals surface area contributed by atoms with Crippen molar-refractivity contribution in [2.45, 2.75) is 19.9 Å². The Morgan fingerprint density at radius 1 is 1.52 bits per heavy atom. The van der Waals surface area contributed by atoms with Crippen molar-refractivity contribution in [3.63, 3.8) is 0 Å². The molecule has 1 aromatic heterocycles. The summed E-state index contributed by atoms with van der Waals surface area (Å²) in [5.41, 5.74) is 6.02. The van der Waals surface area contributed by atoms with Gasteiger partial charge in [-0.25, -0.2) is 4.98 Å². The quantitative estimate of drug-likeness (QED) is 0.714. The molecule has 0 saturated heterocycles. The number of carbonyl (C=O) groups excluding carboxylic acids is 2. The van der Waals surface area contributed by atoms with Gasteiger partial charge in [-0.3, -0.25) is 9.59 Å². The van der Waals surface area contributed by atoms with Crippen LogP contribution in [0.2, 0.25) is 0 Å². The molecule has 0 bridgehead atoms. The van der Waals surface area contributed by atoms with Gasteiger partial charge < -0.3 is 20.1 Å². The van der Waals surface area contributed by atoms with E-state index < -0.39 is 5.97 Å². The first-order valence-corrected chi connectivity index (χ1v) is 7.52. The van der Waals surface area contributed by atoms with Crippen molar-refractivity contribution in [2.24, 2.45) is 5.73 Å². The molecule has 8 heteroatoms. The molecule has 1 heterocycles. The van der Waals surface area contributed by atoms with Crippen LogP contribution in [0.3, 0.4) is 0 Å². The van der Waals surface area contributed by atoms with Gasteiger partial charge in [-0.1, -0.05) is 0 Å². The summed E-state index contributed by atoms with van der Waals surface area (Å²) in [7, 11) is 1.53. The number of methoxy groups -OCH3 is 1. The van der Waals surface area contributed by atoms with Crippen LogP contribution in [0.5, 0.6) is 0 Å². The largest absolute Gasteiger partial charge is 0.465 e. The first kappa shape index (κ1) is 17.5. The molecule has 1 rings (SSSR count). The summed E-state index contributed by atoms with van der Waals surface area (Å²) in [6, 6.07) is -0.228. The summed E-state index contributed by atoms with van der Waals surface area (Å²) in [6.45, 7) is 4.29. The molecule has 0 aromatic carbocycles. The Morgan fingerprint density at radius 3 is 2.76 bits per heavy atom. The summed E-state index contributed by atoms with van der Waals surface area (Å²) in [4.78, 5) is 29.5. The topological polar surface area (TPSA) is 94.8 Å². The molecular formula is C13H21N3O4S. The number of nitrogens with two attached hydrogens (primary N) is 1. The summed E-state index contributed by atoms with van der Waals surface area (Å²) in [6.07, 6.45) is 0. The molecule has 0 fully saturated rings. The van der Waals surface area contributed by atoms with E-state index in [1.54, 1.807) is 19.2 Å². The first-order chi connectivity index (χ1) is 9.99. The molecule has 7 nitrogen and oxygen atoms in total. The molecule has 1 atom stereocenters. The van der Waals surface area contributed by atoms with Crippen LogP contribution in [0.4, 0.5) is 0 Å². The maximum absolute atomic E-state index is 12.4. The van der Waals surface area contributed by atoms with Crippen LogP contribution in [0.15, 0.2) is 5.38 Å². The number of amides is 1. The van der Waals surface area contributed by atoms with Crippen molar-refractivity contribution in [3.8, 4) is 0 Å². The van der Waals surface area contributed by atoms with E-state index in [1.807, 2.05) is 0 Å². The number of thiazole rings is 1. The normalized spacial score (nSPS) is 12.0. The highest BCUT2D eigenvalue weighted by Crippen LogP contribution is 2.17. The number of ether oxygens (including phenoxy) is 2. The van der Waals surface area contributed by atoms with Gasteiger partial charge in [0, 0.05) is 19.0 Å². The Hall–Kier alpha value is -1.51. The number of esters is 1. The predicted octanol–water partition coefficient (Wildman–Crippen LogP) is 0.814. The summed E-state index contributed by atoms with van der Waals surface area (Å²) >= 11 is 1.33. The minimum atomic E-state index is -0.454. The lowest BCUT2D eigenvalue weighted by Crippen LogP contribution is -2.38. The van der Waals surface area contributed by atoms with Gasteiger partial charge in [-0.05, 0) is 13.8 Å². The highest BCUT2D eigenvalue weighted by Gasteiger charge is 2.22. The van der Waals surface area contributed by atoms with E-state index in [4.69, 9.17) is 15.2 Å². The minimum Gasteiger partial charge on any atom is -0.465 e. The lowest BCUT2D eigenvalue weighted by atomic mass is 10.3. The van der Waals surface area contributed by atoms with E-state index in [0.29, 0.717) is 18.2 Å². The molecule has 0 radical (unpaired) electrons. The van der Waals surface area contributed by atoms with Crippen molar-refractivity contribution in [1.82, 2.24) is 9.88 Å². The average molecular weight is 315 g/mol. The van der Waals surface area contributed by atoms with Gasteiger partial charge in [0.2, 0.25) is 0 Å². The summed E-state index contributed by atoms with van der Waals surface area (Å²) in [5, 5.41) is 2.33. The first-order valence-electron chi connectivity index (χ1n) is 6.64. The number of rotatable bonds is 8. The summed E-state index contributed by atoms with van der Waals surface area (Å²) in [5.74, 6) is -0.784. The number of nitrogens with zero attached hydrogens (tertiary/aromatic N) is 2. The number of hydrogen-bond acceptors (Lipinski definition) is 7. The van der Waals surface area contributed by atoms with E-state index in [9.17, 15) is 9.59 Å². The summed E-state index contributed by atoms with van der Waals surface area (Å²) < 4.78 is 9.83. The Kier molecular flexibility index (Phi) is 7.27. The predicted molar refractivity (Wildman–Crippen MR) is 79.1 cm³/mol. The number of carbonyl (C=O) groups is 2. The van der Waals surface area contributed by atoms with Crippen LogP contribution in [0, 0.1) is 0 Å². The van der Waals surface area contributed by atoms with Crippen LogP contribution in [-0.4, -0.2) is 55.2 Å². The maximum Gasteiger partial charge on any atom is 0.325 e. The van der Waals surface area contributed by atoms with E-state index in [1.165, 1.54) is 23.3 Å².